The molecule has 2 aromatic rings. The molecule has 4 rings (SSSR count). The maximum absolute atomic E-state index is 14.3. The summed E-state index contributed by atoms with van der Waals surface area (Å²) in [6.07, 6.45) is 1.92. The van der Waals surface area contributed by atoms with Gasteiger partial charge in [-0.2, -0.15) is 0 Å². The van der Waals surface area contributed by atoms with Crippen LogP contribution in [0, 0.1) is 18.7 Å². The molecule has 1 N–H and O–H groups in total. The number of rotatable bonds is 4. The van der Waals surface area contributed by atoms with E-state index in [0.29, 0.717) is 11.4 Å². The fourth-order valence-corrected chi connectivity index (χ4v) is 4.23. The van der Waals surface area contributed by atoms with Crippen LogP contribution in [0.4, 0.5) is 15.8 Å². The molecule has 2 aliphatic rings. The predicted molar refractivity (Wildman–Crippen MR) is 102 cm³/mol. The van der Waals surface area contributed by atoms with Crippen molar-refractivity contribution in [3.05, 3.63) is 59.4 Å². The Kier molecular flexibility index (Phi) is 4.44. The van der Waals surface area contributed by atoms with Gasteiger partial charge in [0.25, 0.3) is 0 Å². The summed E-state index contributed by atoms with van der Waals surface area (Å²) in [5.74, 6) is 0.0302. The third-order valence-electron chi connectivity index (χ3n) is 4.64. The average molecular weight is 370 g/mol. The smallest absolute Gasteiger partial charge is 0.238 e. The Morgan fingerprint density at radius 3 is 2.62 bits per heavy atom. The van der Waals surface area contributed by atoms with Gasteiger partial charge in [0.05, 0.1) is 11.4 Å². The van der Waals surface area contributed by atoms with Crippen molar-refractivity contribution in [1.29, 1.82) is 0 Å². The summed E-state index contributed by atoms with van der Waals surface area (Å²) < 4.78 is 14.3. The van der Waals surface area contributed by atoms with Crippen molar-refractivity contribution in [3.63, 3.8) is 0 Å². The first-order chi connectivity index (χ1) is 12.5. The number of carbonyl (C=O) groups excluding carboxylic acids is 2. The van der Waals surface area contributed by atoms with Crippen molar-refractivity contribution >= 4 is 35.0 Å². The molecule has 1 unspecified atom stereocenters. The van der Waals surface area contributed by atoms with E-state index >= 15 is 0 Å². The summed E-state index contributed by atoms with van der Waals surface area (Å²) in [5.41, 5.74) is 2.87. The van der Waals surface area contributed by atoms with E-state index in [1.54, 1.807) is 12.1 Å². The van der Waals surface area contributed by atoms with E-state index in [9.17, 15) is 14.0 Å². The highest BCUT2D eigenvalue weighted by Crippen LogP contribution is 2.43. The molecule has 2 amide bonds. The van der Waals surface area contributed by atoms with Gasteiger partial charge >= 0.3 is 0 Å². The van der Waals surface area contributed by atoms with Gasteiger partial charge in [-0.15, -0.1) is 11.8 Å². The molecule has 2 aromatic carbocycles. The van der Waals surface area contributed by atoms with E-state index in [1.807, 2.05) is 31.2 Å². The molecule has 4 nitrogen and oxygen atoms in total. The zero-order valence-electron chi connectivity index (χ0n) is 14.4. The second-order valence-corrected chi connectivity index (χ2v) is 7.84. The number of carbonyl (C=O) groups is 2. The highest BCUT2D eigenvalue weighted by molar-refractivity contribution is 8.00. The van der Waals surface area contributed by atoms with Crippen LogP contribution in [0.15, 0.2) is 42.5 Å². The predicted octanol–water partition coefficient (Wildman–Crippen LogP) is 4.26. The number of nitrogens with zero attached hydrogens (tertiary/aromatic N) is 1. The molecule has 26 heavy (non-hydrogen) atoms. The molecule has 1 aliphatic carbocycles. The molecule has 0 bridgehead atoms. The van der Waals surface area contributed by atoms with Crippen LogP contribution in [-0.2, 0) is 9.59 Å². The highest BCUT2D eigenvalue weighted by atomic mass is 32.2. The van der Waals surface area contributed by atoms with Crippen molar-refractivity contribution in [1.82, 2.24) is 0 Å². The van der Waals surface area contributed by atoms with Gasteiger partial charge in [0, 0.05) is 11.6 Å². The van der Waals surface area contributed by atoms with Crippen LogP contribution in [0.25, 0.3) is 0 Å². The molecule has 1 heterocycles. The lowest BCUT2D eigenvalue weighted by molar-refractivity contribution is -0.117. The monoisotopic (exact) mass is 370 g/mol. The van der Waals surface area contributed by atoms with E-state index in [0.717, 1.165) is 29.7 Å². The van der Waals surface area contributed by atoms with Crippen molar-refractivity contribution in [2.45, 2.75) is 25.1 Å². The molecule has 0 aromatic heterocycles. The second-order valence-electron chi connectivity index (χ2n) is 6.77. The van der Waals surface area contributed by atoms with Crippen LogP contribution < -0.4 is 10.2 Å². The van der Waals surface area contributed by atoms with E-state index in [1.165, 1.54) is 22.7 Å². The minimum atomic E-state index is -0.398. The van der Waals surface area contributed by atoms with E-state index < -0.39 is 5.82 Å². The Morgan fingerprint density at radius 1 is 1.19 bits per heavy atom. The van der Waals surface area contributed by atoms with Crippen molar-refractivity contribution in [2.75, 3.05) is 16.0 Å². The summed E-state index contributed by atoms with van der Waals surface area (Å²) in [6.45, 7) is 1.88. The standard InChI is InChI=1S/C20H19FN2O2S/c1-12-2-9-16(21)17(10-12)23-18(24)11-26-20(23)14-5-7-15(8-6-14)22-19(25)13-3-4-13/h2,5-10,13,20H,3-4,11H2,1H3,(H,22,25). The lowest BCUT2D eigenvalue weighted by Gasteiger charge is -2.25. The quantitative estimate of drug-likeness (QED) is 0.875. The summed E-state index contributed by atoms with van der Waals surface area (Å²) in [6, 6.07) is 12.2. The molecule has 1 aliphatic heterocycles. The molecule has 6 heteroatoms. The largest absolute Gasteiger partial charge is 0.326 e. The third kappa shape index (κ3) is 3.33. The molecular formula is C20H19FN2O2S. The first-order valence-corrected chi connectivity index (χ1v) is 9.68. The first kappa shape index (κ1) is 17.1. The lowest BCUT2D eigenvalue weighted by atomic mass is 10.1. The summed E-state index contributed by atoms with van der Waals surface area (Å²) in [7, 11) is 0. The topological polar surface area (TPSA) is 49.4 Å². The van der Waals surface area contributed by atoms with Crippen molar-refractivity contribution in [3.8, 4) is 0 Å². The molecule has 0 spiro atoms. The molecule has 2 fully saturated rings. The van der Waals surface area contributed by atoms with Crippen LogP contribution in [-0.4, -0.2) is 17.6 Å². The number of thioether (sulfide) groups is 1. The number of hydrogen-bond donors (Lipinski definition) is 1. The van der Waals surface area contributed by atoms with Crippen molar-refractivity contribution < 1.29 is 14.0 Å². The summed E-state index contributed by atoms with van der Waals surface area (Å²) in [5, 5.41) is 2.63. The maximum Gasteiger partial charge on any atom is 0.238 e. The van der Waals surface area contributed by atoms with Gasteiger partial charge in [0.15, 0.2) is 0 Å². The Balaban J connectivity index is 1.58. The van der Waals surface area contributed by atoms with Gasteiger partial charge in [0.1, 0.15) is 11.2 Å². The average Bonchev–Trinajstić information content (AvgIpc) is 3.41. The molecule has 1 saturated heterocycles. The zero-order valence-corrected chi connectivity index (χ0v) is 15.2. The molecule has 0 radical (unpaired) electrons. The van der Waals surface area contributed by atoms with Crippen LogP contribution in [0.3, 0.4) is 0 Å². The van der Waals surface area contributed by atoms with E-state index in [2.05, 4.69) is 5.32 Å². The van der Waals surface area contributed by atoms with Gasteiger partial charge in [0.2, 0.25) is 11.8 Å². The molecule has 1 atom stereocenters. The number of benzene rings is 2. The lowest BCUT2D eigenvalue weighted by Crippen LogP contribution is -2.28. The van der Waals surface area contributed by atoms with Gasteiger partial charge < -0.3 is 5.32 Å². The second kappa shape index (κ2) is 6.76. The van der Waals surface area contributed by atoms with Gasteiger partial charge in [-0.3, -0.25) is 14.5 Å². The number of aryl methyl sites for hydroxylation is 1. The van der Waals surface area contributed by atoms with Crippen LogP contribution >= 0.6 is 11.8 Å². The Labute approximate surface area is 155 Å². The van der Waals surface area contributed by atoms with Crippen LogP contribution in [0.2, 0.25) is 0 Å². The number of amides is 2. The third-order valence-corrected chi connectivity index (χ3v) is 5.85. The maximum atomic E-state index is 14.3. The Hall–Kier alpha value is -2.34. The first-order valence-electron chi connectivity index (χ1n) is 8.63. The Bertz CT molecular complexity index is 865. The van der Waals surface area contributed by atoms with E-state index in [4.69, 9.17) is 0 Å². The molecular weight excluding hydrogens is 351 g/mol. The zero-order chi connectivity index (χ0) is 18.3. The van der Waals surface area contributed by atoms with Crippen LogP contribution in [0.5, 0.6) is 0 Å². The number of hydrogen-bond acceptors (Lipinski definition) is 3. The van der Waals surface area contributed by atoms with Gasteiger partial charge in [-0.1, -0.05) is 18.2 Å². The van der Waals surface area contributed by atoms with Crippen molar-refractivity contribution in [2.24, 2.45) is 5.92 Å². The van der Waals surface area contributed by atoms with Gasteiger partial charge in [-0.25, -0.2) is 4.39 Å². The minimum Gasteiger partial charge on any atom is -0.326 e. The number of halogens is 1. The summed E-state index contributed by atoms with van der Waals surface area (Å²) >= 11 is 1.48. The highest BCUT2D eigenvalue weighted by Gasteiger charge is 2.35. The fourth-order valence-electron chi connectivity index (χ4n) is 3.06. The minimum absolute atomic E-state index is 0.0617. The molecule has 134 valence electrons. The van der Waals surface area contributed by atoms with E-state index in [-0.39, 0.29) is 23.1 Å². The normalized spacial score (nSPS) is 19.7. The number of nitrogens with one attached hydrogen (secondary N) is 1. The number of anilines is 2. The Morgan fingerprint density at radius 2 is 1.92 bits per heavy atom. The SMILES string of the molecule is Cc1ccc(F)c(N2C(=O)CSC2c2ccc(NC(=O)C3CC3)cc2)c1. The van der Waals surface area contributed by atoms with Gasteiger partial charge in [-0.05, 0) is 55.2 Å². The molecule has 1 saturated carbocycles. The van der Waals surface area contributed by atoms with Crippen LogP contribution in [0.1, 0.15) is 29.3 Å². The fraction of sp³-hybridized carbons (Fsp3) is 0.300. The summed E-state index contributed by atoms with van der Waals surface area (Å²) in [4.78, 5) is 25.8.